The van der Waals surface area contributed by atoms with Crippen molar-refractivity contribution in [3.63, 3.8) is 0 Å². The van der Waals surface area contributed by atoms with E-state index >= 15 is 0 Å². The molecule has 0 saturated carbocycles. The Bertz CT molecular complexity index is 638. The number of benzene rings is 1. The molecule has 2 aromatic rings. The van der Waals surface area contributed by atoms with Gasteiger partial charge in [-0.15, -0.1) is 0 Å². The number of para-hydroxylation sites is 1. The molecular formula is C14H13N3O3. The van der Waals surface area contributed by atoms with Crippen LogP contribution in [0.1, 0.15) is 16.1 Å². The van der Waals surface area contributed by atoms with E-state index in [9.17, 15) is 9.59 Å². The van der Waals surface area contributed by atoms with Crippen LogP contribution in [0.3, 0.4) is 0 Å². The van der Waals surface area contributed by atoms with Crippen molar-refractivity contribution in [1.29, 1.82) is 0 Å². The quantitative estimate of drug-likeness (QED) is 0.782. The van der Waals surface area contributed by atoms with Crippen LogP contribution in [0.2, 0.25) is 0 Å². The predicted octanol–water partition coefficient (Wildman–Crippen LogP) is 1.54. The molecule has 0 saturated heterocycles. The van der Waals surface area contributed by atoms with Crippen molar-refractivity contribution < 1.29 is 14.7 Å². The van der Waals surface area contributed by atoms with Gasteiger partial charge < -0.3 is 16.2 Å². The maximum Gasteiger partial charge on any atom is 0.337 e. The van der Waals surface area contributed by atoms with Gasteiger partial charge in [0.1, 0.15) is 0 Å². The highest BCUT2D eigenvalue weighted by Gasteiger charge is 2.12. The van der Waals surface area contributed by atoms with Gasteiger partial charge in [-0.05, 0) is 24.3 Å². The summed E-state index contributed by atoms with van der Waals surface area (Å²) in [4.78, 5) is 26.9. The SMILES string of the molecule is Nc1ccc(CC(=O)Nc2ccccc2C(=O)O)nc1. The second kappa shape index (κ2) is 5.83. The molecule has 0 aliphatic heterocycles. The number of anilines is 2. The number of carboxylic acids is 1. The molecule has 0 atom stereocenters. The van der Waals surface area contributed by atoms with Crippen molar-refractivity contribution in [2.45, 2.75) is 6.42 Å². The highest BCUT2D eigenvalue weighted by Crippen LogP contribution is 2.15. The van der Waals surface area contributed by atoms with Gasteiger partial charge in [0, 0.05) is 5.69 Å². The van der Waals surface area contributed by atoms with Gasteiger partial charge in [0.2, 0.25) is 5.91 Å². The number of hydrogen-bond donors (Lipinski definition) is 3. The fourth-order valence-corrected chi connectivity index (χ4v) is 1.68. The summed E-state index contributed by atoms with van der Waals surface area (Å²) in [6, 6.07) is 9.53. The number of hydrogen-bond acceptors (Lipinski definition) is 4. The van der Waals surface area contributed by atoms with Gasteiger partial charge in [-0.2, -0.15) is 0 Å². The molecule has 2 rings (SSSR count). The van der Waals surface area contributed by atoms with Crippen molar-refractivity contribution in [1.82, 2.24) is 4.98 Å². The Balaban J connectivity index is 2.08. The van der Waals surface area contributed by atoms with E-state index < -0.39 is 5.97 Å². The van der Waals surface area contributed by atoms with Crippen molar-refractivity contribution >= 4 is 23.3 Å². The third-order valence-electron chi connectivity index (χ3n) is 2.62. The van der Waals surface area contributed by atoms with Crippen molar-refractivity contribution in [3.8, 4) is 0 Å². The summed E-state index contributed by atoms with van der Waals surface area (Å²) in [5.74, 6) is -1.43. The zero-order valence-corrected chi connectivity index (χ0v) is 10.5. The monoisotopic (exact) mass is 271 g/mol. The number of aromatic carboxylic acids is 1. The Morgan fingerprint density at radius 2 is 1.95 bits per heavy atom. The van der Waals surface area contributed by atoms with Gasteiger partial charge in [0.15, 0.2) is 0 Å². The Kier molecular flexibility index (Phi) is 3.95. The number of nitrogens with two attached hydrogens (primary N) is 1. The molecule has 1 heterocycles. The van der Waals surface area contributed by atoms with Crippen LogP contribution in [0, 0.1) is 0 Å². The first-order chi connectivity index (χ1) is 9.56. The lowest BCUT2D eigenvalue weighted by Crippen LogP contribution is -2.17. The Morgan fingerprint density at radius 3 is 2.60 bits per heavy atom. The topological polar surface area (TPSA) is 105 Å². The van der Waals surface area contributed by atoms with Crippen LogP contribution in [-0.2, 0) is 11.2 Å². The first-order valence-electron chi connectivity index (χ1n) is 5.89. The highest BCUT2D eigenvalue weighted by atomic mass is 16.4. The van der Waals surface area contributed by atoms with E-state index in [-0.39, 0.29) is 23.6 Å². The number of carbonyl (C=O) groups is 2. The summed E-state index contributed by atoms with van der Waals surface area (Å²) in [5, 5.41) is 11.6. The van der Waals surface area contributed by atoms with Gasteiger partial charge in [0.05, 0.1) is 29.6 Å². The largest absolute Gasteiger partial charge is 0.478 e. The predicted molar refractivity (Wildman–Crippen MR) is 74.4 cm³/mol. The fraction of sp³-hybridized carbons (Fsp3) is 0.0714. The average Bonchev–Trinajstić information content (AvgIpc) is 2.41. The van der Waals surface area contributed by atoms with E-state index in [4.69, 9.17) is 10.8 Å². The van der Waals surface area contributed by atoms with Crippen LogP contribution < -0.4 is 11.1 Å². The molecule has 1 aromatic carbocycles. The normalized spacial score (nSPS) is 10.0. The molecule has 0 bridgehead atoms. The summed E-state index contributed by atoms with van der Waals surface area (Å²) in [6.07, 6.45) is 1.52. The van der Waals surface area contributed by atoms with E-state index in [1.165, 1.54) is 18.3 Å². The van der Waals surface area contributed by atoms with E-state index in [1.807, 2.05) is 0 Å². The van der Waals surface area contributed by atoms with Crippen LogP contribution in [-0.4, -0.2) is 22.0 Å². The van der Waals surface area contributed by atoms with Crippen LogP contribution in [0.25, 0.3) is 0 Å². The zero-order chi connectivity index (χ0) is 14.5. The van der Waals surface area contributed by atoms with E-state index in [2.05, 4.69) is 10.3 Å². The van der Waals surface area contributed by atoms with Crippen LogP contribution in [0.4, 0.5) is 11.4 Å². The number of nitrogens with zero attached hydrogens (tertiary/aromatic N) is 1. The molecule has 20 heavy (non-hydrogen) atoms. The second-order valence-electron chi connectivity index (χ2n) is 4.16. The number of amides is 1. The molecule has 0 radical (unpaired) electrons. The lowest BCUT2D eigenvalue weighted by atomic mass is 10.1. The van der Waals surface area contributed by atoms with Crippen LogP contribution >= 0.6 is 0 Å². The molecule has 0 unspecified atom stereocenters. The molecule has 0 fully saturated rings. The maximum atomic E-state index is 11.9. The minimum absolute atomic E-state index is 0.0473. The standard InChI is InChI=1S/C14H13N3O3/c15-9-5-6-10(16-8-9)7-13(18)17-12-4-2-1-3-11(12)14(19)20/h1-6,8H,7,15H2,(H,17,18)(H,19,20). The van der Waals surface area contributed by atoms with Crippen molar-refractivity contribution in [2.24, 2.45) is 0 Å². The van der Waals surface area contributed by atoms with Crippen molar-refractivity contribution in [2.75, 3.05) is 11.1 Å². The molecule has 1 aromatic heterocycles. The average molecular weight is 271 g/mol. The summed E-state index contributed by atoms with van der Waals surface area (Å²) in [7, 11) is 0. The van der Waals surface area contributed by atoms with Gasteiger partial charge in [-0.1, -0.05) is 12.1 Å². The fourth-order valence-electron chi connectivity index (χ4n) is 1.68. The van der Waals surface area contributed by atoms with Gasteiger partial charge in [-0.3, -0.25) is 9.78 Å². The number of aromatic nitrogens is 1. The van der Waals surface area contributed by atoms with E-state index in [0.29, 0.717) is 11.4 Å². The van der Waals surface area contributed by atoms with Crippen LogP contribution in [0.5, 0.6) is 0 Å². The first kappa shape index (κ1) is 13.5. The lowest BCUT2D eigenvalue weighted by Gasteiger charge is -2.08. The smallest absolute Gasteiger partial charge is 0.337 e. The molecule has 0 spiro atoms. The zero-order valence-electron chi connectivity index (χ0n) is 10.5. The number of carbonyl (C=O) groups excluding carboxylic acids is 1. The first-order valence-corrected chi connectivity index (χ1v) is 5.89. The van der Waals surface area contributed by atoms with Gasteiger partial charge in [0.25, 0.3) is 0 Å². The summed E-state index contributed by atoms with van der Waals surface area (Å²) in [5.41, 5.74) is 6.90. The number of carboxylic acid groups (broad SMARTS) is 1. The molecule has 0 aliphatic carbocycles. The molecule has 102 valence electrons. The summed E-state index contributed by atoms with van der Waals surface area (Å²) in [6.45, 7) is 0. The van der Waals surface area contributed by atoms with E-state index in [0.717, 1.165) is 0 Å². The third-order valence-corrected chi connectivity index (χ3v) is 2.62. The number of nitrogen functional groups attached to an aromatic ring is 1. The molecule has 4 N–H and O–H groups in total. The number of pyridine rings is 1. The Morgan fingerprint density at radius 1 is 1.20 bits per heavy atom. The molecule has 1 amide bonds. The molecular weight excluding hydrogens is 258 g/mol. The lowest BCUT2D eigenvalue weighted by molar-refractivity contribution is -0.115. The second-order valence-corrected chi connectivity index (χ2v) is 4.16. The third kappa shape index (κ3) is 3.32. The van der Waals surface area contributed by atoms with Gasteiger partial charge in [-0.25, -0.2) is 4.79 Å². The summed E-state index contributed by atoms with van der Waals surface area (Å²) < 4.78 is 0. The van der Waals surface area contributed by atoms with E-state index in [1.54, 1.807) is 24.3 Å². The summed E-state index contributed by atoms with van der Waals surface area (Å²) >= 11 is 0. The maximum absolute atomic E-state index is 11.9. The van der Waals surface area contributed by atoms with Crippen LogP contribution in [0.15, 0.2) is 42.6 Å². The minimum Gasteiger partial charge on any atom is -0.478 e. The van der Waals surface area contributed by atoms with Crippen molar-refractivity contribution in [3.05, 3.63) is 53.9 Å². The molecule has 6 heteroatoms. The Hall–Kier alpha value is -2.89. The molecule has 0 aliphatic rings. The molecule has 6 nitrogen and oxygen atoms in total. The minimum atomic E-state index is -1.09. The Labute approximate surface area is 115 Å². The van der Waals surface area contributed by atoms with Gasteiger partial charge >= 0.3 is 5.97 Å². The highest BCUT2D eigenvalue weighted by molar-refractivity contribution is 6.00. The number of nitrogens with one attached hydrogen (secondary N) is 1. The number of rotatable bonds is 4.